The molecule has 0 saturated heterocycles. The first-order valence-corrected chi connectivity index (χ1v) is 7.57. The second kappa shape index (κ2) is 5.88. The van der Waals surface area contributed by atoms with Crippen molar-refractivity contribution in [2.45, 2.75) is 31.3 Å². The van der Waals surface area contributed by atoms with E-state index in [0.29, 0.717) is 6.04 Å². The van der Waals surface area contributed by atoms with Gasteiger partial charge in [-0.3, -0.25) is 4.68 Å². The van der Waals surface area contributed by atoms with E-state index in [2.05, 4.69) is 50.6 Å². The maximum atomic E-state index is 4.20. The molecule has 1 fully saturated rings. The Hall–Kier alpha value is -1.13. The number of benzene rings is 1. The van der Waals surface area contributed by atoms with Crippen molar-refractivity contribution < 1.29 is 0 Å². The lowest BCUT2D eigenvalue weighted by Crippen LogP contribution is -2.41. The lowest BCUT2D eigenvalue weighted by Gasteiger charge is -2.36. The zero-order valence-electron chi connectivity index (χ0n) is 10.8. The van der Waals surface area contributed by atoms with Crippen molar-refractivity contribution in [1.29, 1.82) is 0 Å². The van der Waals surface area contributed by atoms with Gasteiger partial charge in [0, 0.05) is 29.5 Å². The molecule has 3 rings (SSSR count). The van der Waals surface area contributed by atoms with Gasteiger partial charge in [-0.15, -0.1) is 0 Å². The van der Waals surface area contributed by atoms with E-state index in [4.69, 9.17) is 0 Å². The van der Waals surface area contributed by atoms with Gasteiger partial charge in [0.25, 0.3) is 0 Å². The van der Waals surface area contributed by atoms with Crippen LogP contribution in [-0.4, -0.2) is 22.4 Å². The van der Waals surface area contributed by atoms with Crippen molar-refractivity contribution in [1.82, 2.24) is 15.1 Å². The number of rotatable bonds is 5. The minimum absolute atomic E-state index is 0.666. The molecule has 0 spiro atoms. The minimum Gasteiger partial charge on any atom is -0.312 e. The Morgan fingerprint density at radius 2 is 2.21 bits per heavy atom. The van der Waals surface area contributed by atoms with Crippen LogP contribution in [0.1, 0.15) is 24.3 Å². The van der Waals surface area contributed by atoms with Gasteiger partial charge in [-0.25, -0.2) is 0 Å². The van der Waals surface area contributed by atoms with Crippen LogP contribution in [0.2, 0.25) is 0 Å². The first-order valence-electron chi connectivity index (χ1n) is 6.77. The quantitative estimate of drug-likeness (QED) is 0.917. The Bertz CT molecular complexity index is 518. The number of nitrogens with one attached hydrogen (secondary N) is 1. The second-order valence-electron chi connectivity index (χ2n) is 5.14. The van der Waals surface area contributed by atoms with Crippen LogP contribution in [0.3, 0.4) is 0 Å². The predicted molar refractivity (Wildman–Crippen MR) is 80.1 cm³/mol. The molecule has 1 saturated carbocycles. The minimum atomic E-state index is 0.666. The Labute approximate surface area is 122 Å². The van der Waals surface area contributed by atoms with Gasteiger partial charge in [0.05, 0.1) is 6.54 Å². The summed E-state index contributed by atoms with van der Waals surface area (Å²) in [5.41, 5.74) is 1.46. The van der Waals surface area contributed by atoms with Gasteiger partial charge < -0.3 is 5.32 Å². The van der Waals surface area contributed by atoms with E-state index in [1.807, 2.05) is 23.1 Å². The SMILES string of the molecule is Brc1cccc(C2CC(NCCn3cccn3)C2)c1. The standard InChI is InChI=1S/C15H18BrN3/c16-14-4-1-3-12(9-14)13-10-15(11-13)17-6-8-19-7-2-5-18-19/h1-5,7,9,13,15,17H,6,8,10-11H2. The Morgan fingerprint density at radius 1 is 1.32 bits per heavy atom. The van der Waals surface area contributed by atoms with Crippen LogP contribution in [0.5, 0.6) is 0 Å². The maximum absolute atomic E-state index is 4.20. The van der Waals surface area contributed by atoms with E-state index in [1.165, 1.54) is 22.9 Å². The molecule has 0 unspecified atom stereocenters. The lowest BCUT2D eigenvalue weighted by molar-refractivity contribution is 0.286. The molecular weight excluding hydrogens is 302 g/mol. The summed E-state index contributed by atoms with van der Waals surface area (Å²) < 4.78 is 3.15. The highest BCUT2D eigenvalue weighted by atomic mass is 79.9. The second-order valence-corrected chi connectivity index (χ2v) is 6.06. The van der Waals surface area contributed by atoms with Crippen LogP contribution in [0.25, 0.3) is 0 Å². The molecule has 19 heavy (non-hydrogen) atoms. The highest BCUT2D eigenvalue weighted by Gasteiger charge is 2.29. The van der Waals surface area contributed by atoms with Crippen LogP contribution in [-0.2, 0) is 6.54 Å². The normalized spacial score (nSPS) is 22.2. The third-order valence-corrected chi connectivity index (χ3v) is 4.28. The Balaban J connectivity index is 1.41. The van der Waals surface area contributed by atoms with E-state index >= 15 is 0 Å². The zero-order chi connectivity index (χ0) is 13.1. The van der Waals surface area contributed by atoms with Crippen molar-refractivity contribution in [2.75, 3.05) is 6.54 Å². The summed E-state index contributed by atoms with van der Waals surface area (Å²) in [5.74, 6) is 0.722. The number of halogens is 1. The number of aromatic nitrogens is 2. The molecule has 0 atom stereocenters. The molecule has 3 nitrogen and oxygen atoms in total. The van der Waals surface area contributed by atoms with Crippen molar-refractivity contribution in [3.05, 3.63) is 52.8 Å². The fourth-order valence-corrected chi connectivity index (χ4v) is 3.05. The Kier molecular flexibility index (Phi) is 3.99. The molecule has 0 amide bonds. The van der Waals surface area contributed by atoms with Crippen molar-refractivity contribution in [3.8, 4) is 0 Å². The molecule has 0 aliphatic heterocycles. The summed E-state index contributed by atoms with van der Waals surface area (Å²) in [7, 11) is 0. The molecule has 1 aliphatic carbocycles. The summed E-state index contributed by atoms with van der Waals surface area (Å²) in [5, 5.41) is 7.80. The van der Waals surface area contributed by atoms with Gasteiger partial charge in [-0.2, -0.15) is 5.10 Å². The van der Waals surface area contributed by atoms with E-state index < -0.39 is 0 Å². The van der Waals surface area contributed by atoms with E-state index in [-0.39, 0.29) is 0 Å². The maximum Gasteiger partial charge on any atom is 0.0534 e. The number of hydrogen-bond donors (Lipinski definition) is 1. The first-order chi connectivity index (χ1) is 9.31. The predicted octanol–water partition coefficient (Wildman–Crippen LogP) is 3.18. The molecule has 1 heterocycles. The van der Waals surface area contributed by atoms with Gasteiger partial charge in [0.15, 0.2) is 0 Å². The first kappa shape index (κ1) is 12.9. The van der Waals surface area contributed by atoms with Crippen LogP contribution < -0.4 is 5.32 Å². The van der Waals surface area contributed by atoms with Crippen molar-refractivity contribution in [2.24, 2.45) is 0 Å². The van der Waals surface area contributed by atoms with E-state index in [1.54, 1.807) is 0 Å². The van der Waals surface area contributed by atoms with Crippen LogP contribution in [0, 0.1) is 0 Å². The third kappa shape index (κ3) is 3.25. The lowest BCUT2D eigenvalue weighted by atomic mass is 9.76. The van der Waals surface area contributed by atoms with Crippen molar-refractivity contribution >= 4 is 15.9 Å². The van der Waals surface area contributed by atoms with Crippen LogP contribution >= 0.6 is 15.9 Å². The van der Waals surface area contributed by atoms with E-state index in [0.717, 1.165) is 19.0 Å². The summed E-state index contributed by atoms with van der Waals surface area (Å²) in [4.78, 5) is 0. The fraction of sp³-hybridized carbons (Fsp3) is 0.400. The molecule has 1 aromatic carbocycles. The smallest absolute Gasteiger partial charge is 0.0534 e. The van der Waals surface area contributed by atoms with Gasteiger partial charge in [-0.1, -0.05) is 28.1 Å². The largest absolute Gasteiger partial charge is 0.312 e. The molecule has 1 aromatic heterocycles. The third-order valence-electron chi connectivity index (χ3n) is 3.79. The van der Waals surface area contributed by atoms with E-state index in [9.17, 15) is 0 Å². The number of nitrogens with zero attached hydrogens (tertiary/aromatic N) is 2. The molecule has 100 valence electrons. The number of hydrogen-bond acceptors (Lipinski definition) is 2. The van der Waals surface area contributed by atoms with Gasteiger partial charge in [0.1, 0.15) is 0 Å². The highest BCUT2D eigenvalue weighted by molar-refractivity contribution is 9.10. The molecular formula is C15H18BrN3. The molecule has 1 aliphatic rings. The summed E-state index contributed by atoms with van der Waals surface area (Å²) in [6.45, 7) is 1.95. The molecule has 0 bridgehead atoms. The highest BCUT2D eigenvalue weighted by Crippen LogP contribution is 2.37. The molecule has 2 aromatic rings. The van der Waals surface area contributed by atoms with Gasteiger partial charge in [0.2, 0.25) is 0 Å². The average Bonchev–Trinajstić information content (AvgIpc) is 2.85. The topological polar surface area (TPSA) is 29.9 Å². The van der Waals surface area contributed by atoms with Gasteiger partial charge >= 0.3 is 0 Å². The Morgan fingerprint density at radius 3 is 2.95 bits per heavy atom. The molecule has 4 heteroatoms. The zero-order valence-corrected chi connectivity index (χ0v) is 12.4. The summed E-state index contributed by atoms with van der Waals surface area (Å²) in [6.07, 6.45) is 6.32. The average molecular weight is 320 g/mol. The summed E-state index contributed by atoms with van der Waals surface area (Å²) in [6, 6.07) is 11.3. The monoisotopic (exact) mass is 319 g/mol. The summed E-state index contributed by atoms with van der Waals surface area (Å²) >= 11 is 3.54. The fourth-order valence-electron chi connectivity index (χ4n) is 2.63. The van der Waals surface area contributed by atoms with Crippen molar-refractivity contribution in [3.63, 3.8) is 0 Å². The molecule has 0 radical (unpaired) electrons. The van der Waals surface area contributed by atoms with Gasteiger partial charge in [-0.05, 0) is 42.5 Å². The van der Waals surface area contributed by atoms with Crippen LogP contribution in [0.15, 0.2) is 47.2 Å². The van der Waals surface area contributed by atoms with Crippen LogP contribution in [0.4, 0.5) is 0 Å². The molecule has 1 N–H and O–H groups in total.